The largest absolute Gasteiger partial charge is 0.329 e. The monoisotopic (exact) mass is 320 g/mol. The van der Waals surface area contributed by atoms with Crippen LogP contribution >= 0.6 is 39.0 Å². The van der Waals surface area contributed by atoms with E-state index in [0.717, 1.165) is 18.3 Å². The maximum absolute atomic E-state index is 5.93. The topological polar surface area (TPSA) is 29.3 Å². The molecule has 1 aliphatic heterocycles. The number of hydrogen-bond acceptors (Lipinski definition) is 4. The first-order valence-corrected chi connectivity index (χ1v) is 8.22. The van der Waals surface area contributed by atoms with E-state index in [9.17, 15) is 0 Å². The van der Waals surface area contributed by atoms with E-state index in [4.69, 9.17) is 5.73 Å². The molecule has 1 aromatic heterocycles. The van der Waals surface area contributed by atoms with E-state index in [2.05, 4.69) is 51.0 Å². The number of nitrogens with zero attached hydrogens (tertiary/aromatic N) is 1. The molecule has 2 heterocycles. The second-order valence-electron chi connectivity index (χ2n) is 4.10. The first kappa shape index (κ1) is 12.9. The summed E-state index contributed by atoms with van der Waals surface area (Å²) >= 11 is 7.38. The van der Waals surface area contributed by atoms with Crippen molar-refractivity contribution in [1.29, 1.82) is 0 Å². The lowest BCUT2D eigenvalue weighted by atomic mass is 10.2. The van der Waals surface area contributed by atoms with Gasteiger partial charge in [0.05, 0.1) is 6.04 Å². The Morgan fingerprint density at radius 3 is 3.06 bits per heavy atom. The van der Waals surface area contributed by atoms with Crippen LogP contribution < -0.4 is 5.73 Å². The summed E-state index contributed by atoms with van der Waals surface area (Å²) in [4.78, 5) is 3.91. The SMILES string of the molecule is CC1CN(C(CN)c2cc(Br)cs2)CCS1. The van der Waals surface area contributed by atoms with E-state index < -0.39 is 0 Å². The molecule has 0 aliphatic carbocycles. The van der Waals surface area contributed by atoms with Gasteiger partial charge in [0.2, 0.25) is 0 Å². The Bertz CT molecular complexity index is 342. The van der Waals surface area contributed by atoms with Crippen LogP contribution in [0.5, 0.6) is 0 Å². The summed E-state index contributed by atoms with van der Waals surface area (Å²) in [5.74, 6) is 1.23. The van der Waals surface area contributed by atoms with Crippen LogP contribution in [0, 0.1) is 0 Å². The Morgan fingerprint density at radius 2 is 2.50 bits per heavy atom. The van der Waals surface area contributed by atoms with E-state index in [1.165, 1.54) is 15.1 Å². The lowest BCUT2D eigenvalue weighted by Gasteiger charge is -2.36. The summed E-state index contributed by atoms with van der Waals surface area (Å²) in [5, 5.41) is 2.87. The predicted molar refractivity (Wildman–Crippen MR) is 77.3 cm³/mol. The summed E-state index contributed by atoms with van der Waals surface area (Å²) in [5.41, 5.74) is 5.93. The Balaban J connectivity index is 2.09. The number of halogens is 1. The number of thioether (sulfide) groups is 1. The molecule has 2 N–H and O–H groups in total. The van der Waals surface area contributed by atoms with Gasteiger partial charge in [0, 0.05) is 45.4 Å². The van der Waals surface area contributed by atoms with E-state index in [1.807, 2.05) is 0 Å². The molecule has 5 heteroatoms. The molecule has 2 nitrogen and oxygen atoms in total. The predicted octanol–water partition coefficient (Wildman–Crippen LogP) is 2.95. The fraction of sp³-hybridized carbons (Fsp3) is 0.636. The molecule has 1 saturated heterocycles. The number of hydrogen-bond donors (Lipinski definition) is 1. The van der Waals surface area contributed by atoms with E-state index in [0.29, 0.717) is 12.6 Å². The van der Waals surface area contributed by atoms with Gasteiger partial charge in [-0.15, -0.1) is 11.3 Å². The first-order valence-electron chi connectivity index (χ1n) is 5.50. The third-order valence-electron chi connectivity index (χ3n) is 2.85. The van der Waals surface area contributed by atoms with Gasteiger partial charge in [-0.3, -0.25) is 4.90 Å². The van der Waals surface area contributed by atoms with Crippen LogP contribution in [0.1, 0.15) is 17.8 Å². The molecule has 0 spiro atoms. The van der Waals surface area contributed by atoms with E-state index in [-0.39, 0.29) is 0 Å². The molecule has 0 aromatic carbocycles. The minimum Gasteiger partial charge on any atom is -0.329 e. The first-order chi connectivity index (χ1) is 7.70. The second kappa shape index (κ2) is 5.87. The van der Waals surface area contributed by atoms with Crippen LogP contribution in [0.2, 0.25) is 0 Å². The average Bonchev–Trinajstić information content (AvgIpc) is 2.66. The van der Waals surface area contributed by atoms with Crippen LogP contribution in [-0.4, -0.2) is 35.5 Å². The van der Waals surface area contributed by atoms with Crippen molar-refractivity contribution in [3.8, 4) is 0 Å². The number of rotatable bonds is 3. The maximum atomic E-state index is 5.93. The molecule has 0 saturated carbocycles. The molecule has 2 atom stereocenters. The van der Waals surface area contributed by atoms with Gasteiger partial charge in [0.25, 0.3) is 0 Å². The minimum absolute atomic E-state index is 0.402. The van der Waals surface area contributed by atoms with Crippen molar-refractivity contribution >= 4 is 39.0 Å². The lowest BCUT2D eigenvalue weighted by Crippen LogP contribution is -2.41. The second-order valence-corrected chi connectivity index (χ2v) is 7.50. The summed E-state index contributed by atoms with van der Waals surface area (Å²) < 4.78 is 1.17. The van der Waals surface area contributed by atoms with Crippen molar-refractivity contribution in [2.75, 3.05) is 25.4 Å². The lowest BCUT2D eigenvalue weighted by molar-refractivity contribution is 0.214. The molecule has 2 unspecified atom stereocenters. The quantitative estimate of drug-likeness (QED) is 0.928. The molecule has 2 rings (SSSR count). The molecular formula is C11H17BrN2S2. The molecule has 0 amide bonds. The Labute approximate surface area is 114 Å². The summed E-state index contributed by atoms with van der Waals surface area (Å²) in [6, 6.07) is 2.61. The standard InChI is InChI=1S/C11H17BrN2S2/c1-8-6-14(2-3-15-8)10(5-13)11-4-9(12)7-16-11/h4,7-8,10H,2-3,5-6,13H2,1H3. The van der Waals surface area contributed by atoms with Gasteiger partial charge in [-0.25, -0.2) is 0 Å². The minimum atomic E-state index is 0.402. The van der Waals surface area contributed by atoms with Crippen LogP contribution in [0.3, 0.4) is 0 Å². The van der Waals surface area contributed by atoms with Crippen molar-refractivity contribution < 1.29 is 0 Å². The fourth-order valence-electron chi connectivity index (χ4n) is 2.08. The summed E-state index contributed by atoms with van der Waals surface area (Å²) in [6.45, 7) is 5.33. The highest BCUT2D eigenvalue weighted by Gasteiger charge is 2.25. The summed E-state index contributed by atoms with van der Waals surface area (Å²) in [7, 11) is 0. The van der Waals surface area contributed by atoms with Crippen molar-refractivity contribution in [2.45, 2.75) is 18.2 Å². The molecule has 16 heavy (non-hydrogen) atoms. The number of thiophene rings is 1. The highest BCUT2D eigenvalue weighted by Crippen LogP contribution is 2.31. The Morgan fingerprint density at radius 1 is 1.69 bits per heavy atom. The molecule has 1 aromatic rings. The van der Waals surface area contributed by atoms with Crippen LogP contribution in [0.25, 0.3) is 0 Å². The van der Waals surface area contributed by atoms with Gasteiger partial charge in [-0.2, -0.15) is 11.8 Å². The fourth-order valence-corrected chi connectivity index (χ4v) is 4.71. The van der Waals surface area contributed by atoms with Gasteiger partial charge in [-0.05, 0) is 22.0 Å². The zero-order valence-corrected chi connectivity index (χ0v) is 12.6. The molecule has 1 fully saturated rings. The van der Waals surface area contributed by atoms with E-state index in [1.54, 1.807) is 11.3 Å². The maximum Gasteiger partial charge on any atom is 0.0565 e. The highest BCUT2D eigenvalue weighted by molar-refractivity contribution is 9.10. The zero-order chi connectivity index (χ0) is 11.5. The van der Waals surface area contributed by atoms with E-state index >= 15 is 0 Å². The van der Waals surface area contributed by atoms with Gasteiger partial charge < -0.3 is 5.73 Å². The molecule has 1 aliphatic rings. The van der Waals surface area contributed by atoms with Crippen LogP contribution in [-0.2, 0) is 0 Å². The smallest absolute Gasteiger partial charge is 0.0565 e. The van der Waals surface area contributed by atoms with Crippen LogP contribution in [0.15, 0.2) is 15.9 Å². The highest BCUT2D eigenvalue weighted by atomic mass is 79.9. The van der Waals surface area contributed by atoms with Gasteiger partial charge in [0.15, 0.2) is 0 Å². The molecule has 0 radical (unpaired) electrons. The third kappa shape index (κ3) is 3.01. The van der Waals surface area contributed by atoms with Gasteiger partial charge in [-0.1, -0.05) is 6.92 Å². The Hall–Kier alpha value is 0.450. The number of nitrogens with two attached hydrogens (primary N) is 1. The van der Waals surface area contributed by atoms with Crippen LogP contribution in [0.4, 0.5) is 0 Å². The van der Waals surface area contributed by atoms with Crippen molar-refractivity contribution in [3.63, 3.8) is 0 Å². The molecule has 0 bridgehead atoms. The normalized spacial score (nSPS) is 24.6. The average molecular weight is 321 g/mol. The molecule has 90 valence electrons. The van der Waals surface area contributed by atoms with Crippen molar-refractivity contribution in [1.82, 2.24) is 4.90 Å². The zero-order valence-electron chi connectivity index (χ0n) is 9.36. The Kier molecular flexibility index (Phi) is 4.73. The third-order valence-corrected chi connectivity index (χ3v) is 5.78. The van der Waals surface area contributed by atoms with Crippen molar-refractivity contribution in [2.24, 2.45) is 5.73 Å². The van der Waals surface area contributed by atoms with Crippen molar-refractivity contribution in [3.05, 3.63) is 20.8 Å². The molecular weight excluding hydrogens is 304 g/mol. The van der Waals surface area contributed by atoms with Gasteiger partial charge in [0.1, 0.15) is 0 Å². The summed E-state index contributed by atoms with van der Waals surface area (Å²) in [6.07, 6.45) is 0. The van der Waals surface area contributed by atoms with Gasteiger partial charge >= 0.3 is 0 Å².